The van der Waals surface area contributed by atoms with Gasteiger partial charge in [-0.25, -0.2) is 0 Å². The van der Waals surface area contributed by atoms with Crippen molar-refractivity contribution in [1.82, 2.24) is 5.32 Å². The number of nitrogens with one attached hydrogen (secondary N) is 1. The van der Waals surface area contributed by atoms with E-state index in [0.717, 1.165) is 19.3 Å². The second kappa shape index (κ2) is 5.11. The molecule has 0 aliphatic heterocycles. The number of nitrogens with two attached hydrogens (primary N) is 1. The van der Waals surface area contributed by atoms with Crippen LogP contribution >= 0.6 is 0 Å². The molecule has 0 radical (unpaired) electrons. The standard InChI is InChI=1S/C15H22N2O/c1-3-15(2,10-16)14(18)17-13-8-11-6-4-5-7-12(11)9-13/h4-7,13H,3,8-10,16H2,1-2H3,(H,17,18). The highest BCUT2D eigenvalue weighted by Crippen LogP contribution is 2.24. The van der Waals surface area contributed by atoms with E-state index in [0.29, 0.717) is 6.54 Å². The molecular weight excluding hydrogens is 224 g/mol. The summed E-state index contributed by atoms with van der Waals surface area (Å²) in [6, 6.07) is 8.62. The molecule has 98 valence electrons. The Hall–Kier alpha value is -1.35. The predicted octanol–water partition coefficient (Wildman–Crippen LogP) is 1.65. The molecule has 0 saturated heterocycles. The van der Waals surface area contributed by atoms with Gasteiger partial charge in [-0.05, 0) is 37.3 Å². The molecule has 0 spiro atoms. The average molecular weight is 246 g/mol. The Labute approximate surface area is 109 Å². The molecule has 0 heterocycles. The van der Waals surface area contributed by atoms with E-state index in [1.54, 1.807) is 0 Å². The molecule has 1 aliphatic carbocycles. The lowest BCUT2D eigenvalue weighted by Gasteiger charge is -2.27. The highest BCUT2D eigenvalue weighted by molar-refractivity contribution is 5.82. The van der Waals surface area contributed by atoms with E-state index in [9.17, 15) is 4.79 Å². The number of hydrogen-bond donors (Lipinski definition) is 2. The Kier molecular flexibility index (Phi) is 3.71. The summed E-state index contributed by atoms with van der Waals surface area (Å²) >= 11 is 0. The van der Waals surface area contributed by atoms with Gasteiger partial charge in [0.25, 0.3) is 0 Å². The third kappa shape index (κ3) is 2.41. The van der Waals surface area contributed by atoms with Crippen LogP contribution in [0.2, 0.25) is 0 Å². The predicted molar refractivity (Wildman–Crippen MR) is 73.2 cm³/mol. The first-order valence-corrected chi connectivity index (χ1v) is 6.67. The summed E-state index contributed by atoms with van der Waals surface area (Å²) in [5.74, 6) is 0.0882. The maximum absolute atomic E-state index is 12.2. The van der Waals surface area contributed by atoms with Gasteiger partial charge in [-0.2, -0.15) is 0 Å². The number of carbonyl (C=O) groups excluding carboxylic acids is 1. The highest BCUT2D eigenvalue weighted by atomic mass is 16.2. The van der Waals surface area contributed by atoms with Crippen molar-refractivity contribution in [1.29, 1.82) is 0 Å². The normalized spacial score (nSPS) is 18.2. The largest absolute Gasteiger partial charge is 0.352 e. The van der Waals surface area contributed by atoms with Crippen LogP contribution in [0.4, 0.5) is 0 Å². The van der Waals surface area contributed by atoms with Gasteiger partial charge in [0.2, 0.25) is 5.91 Å². The molecule has 1 aliphatic rings. The van der Waals surface area contributed by atoms with Crippen LogP contribution in [-0.2, 0) is 17.6 Å². The van der Waals surface area contributed by atoms with Gasteiger partial charge in [0, 0.05) is 12.6 Å². The summed E-state index contributed by atoms with van der Waals surface area (Å²) in [5.41, 5.74) is 7.99. The van der Waals surface area contributed by atoms with Gasteiger partial charge in [-0.1, -0.05) is 31.2 Å². The number of amides is 1. The van der Waals surface area contributed by atoms with E-state index >= 15 is 0 Å². The van der Waals surface area contributed by atoms with E-state index in [1.807, 2.05) is 13.8 Å². The molecule has 3 N–H and O–H groups in total. The van der Waals surface area contributed by atoms with Crippen molar-refractivity contribution >= 4 is 5.91 Å². The van der Waals surface area contributed by atoms with Gasteiger partial charge < -0.3 is 11.1 Å². The second-order valence-corrected chi connectivity index (χ2v) is 5.47. The summed E-state index contributed by atoms with van der Waals surface area (Å²) in [5, 5.41) is 3.15. The summed E-state index contributed by atoms with van der Waals surface area (Å²) in [6.45, 7) is 4.34. The van der Waals surface area contributed by atoms with Crippen molar-refractivity contribution in [3.8, 4) is 0 Å². The molecule has 2 rings (SSSR count). The summed E-state index contributed by atoms with van der Waals surface area (Å²) in [7, 11) is 0. The fourth-order valence-corrected chi connectivity index (χ4v) is 2.42. The molecule has 1 unspecified atom stereocenters. The van der Waals surface area contributed by atoms with Crippen molar-refractivity contribution in [2.75, 3.05) is 6.54 Å². The quantitative estimate of drug-likeness (QED) is 0.848. The van der Waals surface area contributed by atoms with E-state index in [1.165, 1.54) is 11.1 Å². The van der Waals surface area contributed by atoms with Crippen LogP contribution in [0.3, 0.4) is 0 Å². The Morgan fingerprint density at radius 2 is 1.94 bits per heavy atom. The van der Waals surface area contributed by atoms with E-state index in [2.05, 4.69) is 29.6 Å². The summed E-state index contributed by atoms with van der Waals surface area (Å²) in [6.07, 6.45) is 2.65. The fraction of sp³-hybridized carbons (Fsp3) is 0.533. The number of hydrogen-bond acceptors (Lipinski definition) is 2. The zero-order valence-electron chi connectivity index (χ0n) is 11.2. The van der Waals surface area contributed by atoms with Crippen LogP contribution in [0.15, 0.2) is 24.3 Å². The van der Waals surface area contributed by atoms with E-state index < -0.39 is 5.41 Å². The SMILES string of the molecule is CCC(C)(CN)C(=O)NC1Cc2ccccc2C1. The third-order valence-corrected chi connectivity index (χ3v) is 4.17. The highest BCUT2D eigenvalue weighted by Gasteiger charge is 2.32. The van der Waals surface area contributed by atoms with Gasteiger partial charge >= 0.3 is 0 Å². The van der Waals surface area contributed by atoms with Crippen molar-refractivity contribution < 1.29 is 4.79 Å². The lowest BCUT2D eigenvalue weighted by molar-refractivity contribution is -0.130. The van der Waals surface area contributed by atoms with E-state index in [-0.39, 0.29) is 11.9 Å². The smallest absolute Gasteiger partial charge is 0.227 e. The molecule has 3 nitrogen and oxygen atoms in total. The van der Waals surface area contributed by atoms with Gasteiger partial charge in [0.1, 0.15) is 0 Å². The monoisotopic (exact) mass is 246 g/mol. The second-order valence-electron chi connectivity index (χ2n) is 5.47. The molecule has 1 amide bonds. The average Bonchev–Trinajstić information content (AvgIpc) is 2.79. The summed E-state index contributed by atoms with van der Waals surface area (Å²) < 4.78 is 0. The van der Waals surface area contributed by atoms with Crippen molar-refractivity contribution in [3.05, 3.63) is 35.4 Å². The minimum absolute atomic E-state index is 0.0882. The molecule has 1 aromatic rings. The zero-order chi connectivity index (χ0) is 13.2. The maximum atomic E-state index is 12.2. The molecular formula is C15H22N2O. The molecule has 1 atom stereocenters. The molecule has 0 fully saturated rings. The van der Waals surface area contributed by atoms with Crippen molar-refractivity contribution in [3.63, 3.8) is 0 Å². The third-order valence-electron chi connectivity index (χ3n) is 4.17. The minimum atomic E-state index is -0.436. The van der Waals surface area contributed by atoms with Crippen molar-refractivity contribution in [2.24, 2.45) is 11.1 Å². The fourth-order valence-electron chi connectivity index (χ4n) is 2.42. The van der Waals surface area contributed by atoms with Gasteiger partial charge in [0.15, 0.2) is 0 Å². The van der Waals surface area contributed by atoms with Crippen LogP contribution in [0, 0.1) is 5.41 Å². The number of rotatable bonds is 4. The lowest BCUT2D eigenvalue weighted by atomic mass is 9.86. The zero-order valence-corrected chi connectivity index (χ0v) is 11.2. The first-order chi connectivity index (χ1) is 8.59. The Morgan fingerprint density at radius 1 is 1.39 bits per heavy atom. The van der Waals surface area contributed by atoms with Gasteiger partial charge in [0.05, 0.1) is 5.41 Å². The molecule has 18 heavy (non-hydrogen) atoms. The van der Waals surface area contributed by atoms with E-state index in [4.69, 9.17) is 5.73 Å². The topological polar surface area (TPSA) is 55.1 Å². The lowest BCUT2D eigenvalue weighted by Crippen LogP contribution is -2.47. The van der Waals surface area contributed by atoms with Crippen molar-refractivity contribution in [2.45, 2.75) is 39.2 Å². The molecule has 1 aromatic carbocycles. The Balaban J connectivity index is 2.00. The minimum Gasteiger partial charge on any atom is -0.352 e. The maximum Gasteiger partial charge on any atom is 0.227 e. The number of fused-ring (bicyclic) bond motifs is 1. The van der Waals surface area contributed by atoms with Gasteiger partial charge in [-0.3, -0.25) is 4.79 Å². The molecule has 0 bridgehead atoms. The van der Waals surface area contributed by atoms with Crippen LogP contribution in [0.5, 0.6) is 0 Å². The summed E-state index contributed by atoms with van der Waals surface area (Å²) in [4.78, 5) is 12.2. The van der Waals surface area contributed by atoms with Crippen LogP contribution < -0.4 is 11.1 Å². The van der Waals surface area contributed by atoms with Gasteiger partial charge in [-0.15, -0.1) is 0 Å². The first kappa shape index (κ1) is 13.1. The molecule has 0 saturated carbocycles. The first-order valence-electron chi connectivity index (χ1n) is 6.67. The number of benzene rings is 1. The molecule has 3 heteroatoms. The Bertz CT molecular complexity index is 413. The van der Waals surface area contributed by atoms with Crippen LogP contribution in [0.25, 0.3) is 0 Å². The van der Waals surface area contributed by atoms with Crippen LogP contribution in [0.1, 0.15) is 31.4 Å². The number of carbonyl (C=O) groups is 1. The molecule has 0 aromatic heterocycles. The van der Waals surface area contributed by atoms with Crippen LogP contribution in [-0.4, -0.2) is 18.5 Å². The Morgan fingerprint density at radius 3 is 2.39 bits per heavy atom.